The Balaban J connectivity index is 2.56. The number of anilines is 1. The van der Waals surface area contributed by atoms with Crippen LogP contribution in [0.15, 0.2) is 12.1 Å². The van der Waals surface area contributed by atoms with Crippen molar-refractivity contribution >= 4 is 5.69 Å². The van der Waals surface area contributed by atoms with E-state index in [9.17, 15) is 0 Å². The van der Waals surface area contributed by atoms with Crippen molar-refractivity contribution < 1.29 is 4.74 Å². The predicted octanol–water partition coefficient (Wildman–Crippen LogP) is 2.54. The molecule has 0 aromatic carbocycles. The molecular weight excluding hydrogens is 188 g/mol. The van der Waals surface area contributed by atoms with E-state index in [-0.39, 0.29) is 0 Å². The second-order valence-corrected chi connectivity index (χ2v) is 3.79. The zero-order valence-corrected chi connectivity index (χ0v) is 10.0. The monoisotopic (exact) mass is 208 g/mol. The predicted molar refractivity (Wildman–Crippen MR) is 63.3 cm³/mol. The Hall–Kier alpha value is -1.09. The standard InChI is InChI=1S/C12H20N2O/c1-5-15-8-10(3)14-12-7-6-9(2)13-11(12)4/h6-7,10,14H,5,8H2,1-4H3. The summed E-state index contributed by atoms with van der Waals surface area (Å²) in [6, 6.07) is 4.40. The van der Waals surface area contributed by atoms with E-state index < -0.39 is 0 Å². The van der Waals surface area contributed by atoms with Crippen LogP contribution in [0.4, 0.5) is 5.69 Å². The fourth-order valence-corrected chi connectivity index (χ4v) is 1.44. The van der Waals surface area contributed by atoms with Gasteiger partial charge in [0.2, 0.25) is 0 Å². The van der Waals surface area contributed by atoms with E-state index >= 15 is 0 Å². The maximum Gasteiger partial charge on any atom is 0.0664 e. The molecule has 0 fully saturated rings. The Morgan fingerprint density at radius 3 is 2.73 bits per heavy atom. The molecule has 0 aliphatic carbocycles. The Morgan fingerprint density at radius 1 is 1.40 bits per heavy atom. The highest BCUT2D eigenvalue weighted by molar-refractivity contribution is 5.48. The molecule has 0 saturated heterocycles. The molecule has 1 heterocycles. The van der Waals surface area contributed by atoms with Gasteiger partial charge < -0.3 is 10.1 Å². The van der Waals surface area contributed by atoms with E-state index in [1.54, 1.807) is 0 Å². The van der Waals surface area contributed by atoms with Gasteiger partial charge in [-0.1, -0.05) is 0 Å². The third kappa shape index (κ3) is 3.88. The van der Waals surface area contributed by atoms with Crippen molar-refractivity contribution in [1.29, 1.82) is 0 Å². The number of hydrogen-bond donors (Lipinski definition) is 1. The van der Waals surface area contributed by atoms with Gasteiger partial charge in [-0.25, -0.2) is 0 Å². The molecule has 0 saturated carbocycles. The maximum absolute atomic E-state index is 5.35. The smallest absolute Gasteiger partial charge is 0.0664 e. The normalized spacial score (nSPS) is 12.5. The summed E-state index contributed by atoms with van der Waals surface area (Å²) in [5, 5.41) is 3.38. The van der Waals surface area contributed by atoms with Gasteiger partial charge in [-0.2, -0.15) is 0 Å². The van der Waals surface area contributed by atoms with E-state index in [1.807, 2.05) is 26.8 Å². The summed E-state index contributed by atoms with van der Waals surface area (Å²) < 4.78 is 5.35. The van der Waals surface area contributed by atoms with Crippen LogP contribution in [0.2, 0.25) is 0 Å². The summed E-state index contributed by atoms with van der Waals surface area (Å²) in [6.45, 7) is 9.62. The van der Waals surface area contributed by atoms with Gasteiger partial charge in [-0.15, -0.1) is 0 Å². The lowest BCUT2D eigenvalue weighted by atomic mass is 10.2. The molecule has 15 heavy (non-hydrogen) atoms. The fourth-order valence-electron chi connectivity index (χ4n) is 1.44. The lowest BCUT2D eigenvalue weighted by Gasteiger charge is -2.16. The van der Waals surface area contributed by atoms with Gasteiger partial charge in [0.05, 0.1) is 18.0 Å². The Kier molecular flexibility index (Phi) is 4.56. The molecule has 1 aromatic rings. The molecule has 1 unspecified atom stereocenters. The van der Waals surface area contributed by atoms with Crippen molar-refractivity contribution in [2.75, 3.05) is 18.5 Å². The third-order valence-corrected chi connectivity index (χ3v) is 2.20. The van der Waals surface area contributed by atoms with Gasteiger partial charge in [0.1, 0.15) is 0 Å². The second-order valence-electron chi connectivity index (χ2n) is 3.79. The van der Waals surface area contributed by atoms with Crippen LogP contribution in [0.25, 0.3) is 0 Å². The average Bonchev–Trinajstić information content (AvgIpc) is 2.19. The van der Waals surface area contributed by atoms with Crippen LogP contribution in [0.1, 0.15) is 25.2 Å². The highest BCUT2D eigenvalue weighted by Crippen LogP contribution is 2.13. The number of hydrogen-bond acceptors (Lipinski definition) is 3. The Labute approximate surface area is 91.9 Å². The molecule has 0 spiro atoms. The first kappa shape index (κ1) is 12.0. The first-order valence-electron chi connectivity index (χ1n) is 5.42. The van der Waals surface area contributed by atoms with Crippen molar-refractivity contribution in [2.24, 2.45) is 0 Å². The SMILES string of the molecule is CCOCC(C)Nc1ccc(C)nc1C. The maximum atomic E-state index is 5.35. The molecule has 0 radical (unpaired) electrons. The summed E-state index contributed by atoms with van der Waals surface area (Å²) in [5.41, 5.74) is 3.18. The molecule has 0 aliphatic heterocycles. The van der Waals surface area contributed by atoms with Crippen LogP contribution >= 0.6 is 0 Å². The van der Waals surface area contributed by atoms with Crippen molar-refractivity contribution in [2.45, 2.75) is 33.7 Å². The van der Waals surface area contributed by atoms with E-state index in [2.05, 4.69) is 23.3 Å². The lowest BCUT2D eigenvalue weighted by Crippen LogP contribution is -2.22. The lowest BCUT2D eigenvalue weighted by molar-refractivity contribution is 0.141. The summed E-state index contributed by atoms with van der Waals surface area (Å²) >= 11 is 0. The van der Waals surface area contributed by atoms with Crippen molar-refractivity contribution in [3.8, 4) is 0 Å². The molecule has 0 bridgehead atoms. The average molecular weight is 208 g/mol. The van der Waals surface area contributed by atoms with E-state index in [0.29, 0.717) is 6.04 Å². The van der Waals surface area contributed by atoms with Gasteiger partial charge in [0, 0.05) is 18.3 Å². The number of nitrogens with zero attached hydrogens (tertiary/aromatic N) is 1. The van der Waals surface area contributed by atoms with Crippen LogP contribution < -0.4 is 5.32 Å². The first-order chi connectivity index (χ1) is 7.13. The van der Waals surface area contributed by atoms with E-state index in [4.69, 9.17) is 4.74 Å². The van der Waals surface area contributed by atoms with E-state index in [0.717, 1.165) is 30.3 Å². The minimum Gasteiger partial charge on any atom is -0.380 e. The largest absolute Gasteiger partial charge is 0.380 e. The zero-order chi connectivity index (χ0) is 11.3. The summed E-state index contributed by atoms with van der Waals surface area (Å²) in [4.78, 5) is 4.40. The van der Waals surface area contributed by atoms with Gasteiger partial charge in [0.25, 0.3) is 0 Å². The van der Waals surface area contributed by atoms with Crippen LogP contribution in [0.5, 0.6) is 0 Å². The summed E-state index contributed by atoms with van der Waals surface area (Å²) in [5.74, 6) is 0. The minimum atomic E-state index is 0.313. The molecule has 1 rings (SSSR count). The van der Waals surface area contributed by atoms with Crippen molar-refractivity contribution in [3.63, 3.8) is 0 Å². The summed E-state index contributed by atoms with van der Waals surface area (Å²) in [7, 11) is 0. The highest BCUT2D eigenvalue weighted by atomic mass is 16.5. The number of aryl methyl sites for hydroxylation is 2. The number of rotatable bonds is 5. The Bertz CT molecular complexity index is 312. The molecule has 1 aromatic heterocycles. The first-order valence-corrected chi connectivity index (χ1v) is 5.42. The van der Waals surface area contributed by atoms with Crippen LogP contribution in [-0.2, 0) is 4.74 Å². The summed E-state index contributed by atoms with van der Waals surface area (Å²) in [6.07, 6.45) is 0. The van der Waals surface area contributed by atoms with Gasteiger partial charge in [-0.3, -0.25) is 4.98 Å². The number of nitrogens with one attached hydrogen (secondary N) is 1. The molecule has 84 valence electrons. The molecule has 3 nitrogen and oxygen atoms in total. The number of pyridine rings is 1. The fraction of sp³-hybridized carbons (Fsp3) is 0.583. The van der Waals surface area contributed by atoms with Crippen LogP contribution in [0.3, 0.4) is 0 Å². The number of aromatic nitrogens is 1. The molecular formula is C12H20N2O. The quantitative estimate of drug-likeness (QED) is 0.807. The van der Waals surface area contributed by atoms with E-state index in [1.165, 1.54) is 0 Å². The van der Waals surface area contributed by atoms with Crippen LogP contribution in [0, 0.1) is 13.8 Å². The number of ether oxygens (including phenoxy) is 1. The highest BCUT2D eigenvalue weighted by Gasteiger charge is 2.04. The molecule has 3 heteroatoms. The topological polar surface area (TPSA) is 34.1 Å². The van der Waals surface area contributed by atoms with Crippen LogP contribution in [-0.4, -0.2) is 24.2 Å². The molecule has 1 N–H and O–H groups in total. The van der Waals surface area contributed by atoms with Crippen molar-refractivity contribution in [3.05, 3.63) is 23.5 Å². The zero-order valence-electron chi connectivity index (χ0n) is 10.0. The molecule has 0 amide bonds. The van der Waals surface area contributed by atoms with Gasteiger partial charge in [-0.05, 0) is 39.8 Å². The van der Waals surface area contributed by atoms with Gasteiger partial charge in [0.15, 0.2) is 0 Å². The van der Waals surface area contributed by atoms with Gasteiger partial charge >= 0.3 is 0 Å². The third-order valence-electron chi connectivity index (χ3n) is 2.20. The second kappa shape index (κ2) is 5.71. The molecule has 1 atom stereocenters. The molecule has 0 aliphatic rings. The van der Waals surface area contributed by atoms with Crippen molar-refractivity contribution in [1.82, 2.24) is 4.98 Å². The Morgan fingerprint density at radius 2 is 2.13 bits per heavy atom. The minimum absolute atomic E-state index is 0.313.